The minimum atomic E-state index is -0.427. The van der Waals surface area contributed by atoms with Gasteiger partial charge in [0.25, 0.3) is 0 Å². The van der Waals surface area contributed by atoms with Gasteiger partial charge < -0.3 is 10.1 Å². The Bertz CT molecular complexity index is 502. The number of aryl methyl sites for hydroxylation is 1. The highest BCUT2D eigenvalue weighted by atomic mass is 32.1. The van der Waals surface area contributed by atoms with Crippen molar-refractivity contribution in [3.63, 3.8) is 0 Å². The molecule has 6 heteroatoms. The van der Waals surface area contributed by atoms with E-state index < -0.39 is 5.60 Å². The first kappa shape index (κ1) is 17.3. The van der Waals surface area contributed by atoms with Crippen molar-refractivity contribution in [3.8, 4) is 0 Å². The molecule has 1 aromatic rings. The van der Waals surface area contributed by atoms with Crippen molar-refractivity contribution in [3.05, 3.63) is 10.0 Å². The van der Waals surface area contributed by atoms with Gasteiger partial charge in [-0.05, 0) is 40.5 Å². The molecule has 124 valence electrons. The van der Waals surface area contributed by atoms with Crippen LogP contribution in [0.5, 0.6) is 0 Å². The molecular weight excluding hydrogens is 298 g/mol. The van der Waals surface area contributed by atoms with E-state index in [1.807, 2.05) is 27.7 Å². The number of rotatable bonds is 5. The third-order valence-electron chi connectivity index (χ3n) is 3.90. The zero-order chi connectivity index (χ0) is 16.2. The summed E-state index contributed by atoms with van der Waals surface area (Å²) in [6.45, 7) is 8.37. The van der Waals surface area contributed by atoms with E-state index in [1.54, 1.807) is 11.3 Å². The van der Waals surface area contributed by atoms with Gasteiger partial charge in [0.2, 0.25) is 0 Å². The van der Waals surface area contributed by atoms with Crippen LogP contribution in [0, 0.1) is 6.92 Å². The first-order chi connectivity index (χ1) is 10.3. The highest BCUT2D eigenvalue weighted by Gasteiger charge is 2.35. The summed E-state index contributed by atoms with van der Waals surface area (Å²) in [6.07, 6.45) is 6.03. The molecule has 0 spiro atoms. The van der Waals surface area contributed by atoms with E-state index in [9.17, 15) is 4.79 Å². The van der Waals surface area contributed by atoms with Crippen LogP contribution in [0.2, 0.25) is 0 Å². The van der Waals surface area contributed by atoms with Crippen molar-refractivity contribution in [2.24, 2.45) is 0 Å². The lowest BCUT2D eigenvalue weighted by Crippen LogP contribution is -2.48. The van der Waals surface area contributed by atoms with Gasteiger partial charge in [-0.1, -0.05) is 19.3 Å². The first-order valence-corrected chi connectivity index (χ1v) is 8.86. The Morgan fingerprint density at radius 2 is 1.95 bits per heavy atom. The maximum absolute atomic E-state index is 12.3. The molecule has 0 aliphatic heterocycles. The number of carbonyl (C=O) groups is 1. The Labute approximate surface area is 136 Å². The molecule has 1 N–H and O–H groups in total. The van der Waals surface area contributed by atoms with Crippen molar-refractivity contribution in [1.82, 2.24) is 15.5 Å². The molecule has 1 saturated carbocycles. The predicted octanol–water partition coefficient (Wildman–Crippen LogP) is 3.37. The summed E-state index contributed by atoms with van der Waals surface area (Å²) in [7, 11) is 0. The van der Waals surface area contributed by atoms with Crippen LogP contribution in [0.4, 0.5) is 0 Å². The number of ether oxygens (including phenoxy) is 1. The van der Waals surface area contributed by atoms with Gasteiger partial charge in [0.1, 0.15) is 15.6 Å². The highest BCUT2D eigenvalue weighted by Crippen LogP contribution is 2.32. The van der Waals surface area contributed by atoms with E-state index in [-0.39, 0.29) is 11.5 Å². The van der Waals surface area contributed by atoms with Crippen LogP contribution < -0.4 is 5.32 Å². The lowest BCUT2D eigenvalue weighted by atomic mass is 9.79. The largest absolute Gasteiger partial charge is 0.460 e. The van der Waals surface area contributed by atoms with Crippen LogP contribution in [-0.2, 0) is 16.1 Å². The maximum Gasteiger partial charge on any atom is 0.308 e. The Kier molecular flexibility index (Phi) is 5.55. The lowest BCUT2D eigenvalue weighted by molar-refractivity contribution is -0.157. The van der Waals surface area contributed by atoms with Crippen LogP contribution in [0.25, 0.3) is 0 Å². The molecule has 5 nitrogen and oxygen atoms in total. The molecule has 1 aliphatic carbocycles. The summed E-state index contributed by atoms with van der Waals surface area (Å²) in [6, 6.07) is 0. The molecule has 1 heterocycles. The fourth-order valence-corrected chi connectivity index (χ4v) is 3.62. The fourth-order valence-electron chi connectivity index (χ4n) is 2.97. The molecular formula is C16H27N3O2S. The normalized spacial score (nSPS) is 18.2. The highest BCUT2D eigenvalue weighted by molar-refractivity contribution is 7.11. The Balaban J connectivity index is 1.99. The van der Waals surface area contributed by atoms with Gasteiger partial charge >= 0.3 is 5.97 Å². The average molecular weight is 325 g/mol. The van der Waals surface area contributed by atoms with Crippen LogP contribution in [0.1, 0.15) is 69.3 Å². The number of aromatic nitrogens is 2. The molecule has 0 saturated heterocycles. The zero-order valence-electron chi connectivity index (χ0n) is 14.1. The minimum absolute atomic E-state index is 0.115. The first-order valence-electron chi connectivity index (χ1n) is 8.04. The molecule has 0 amide bonds. The maximum atomic E-state index is 12.3. The van der Waals surface area contributed by atoms with Gasteiger partial charge in [0, 0.05) is 5.54 Å². The van der Waals surface area contributed by atoms with E-state index >= 15 is 0 Å². The molecule has 0 unspecified atom stereocenters. The van der Waals surface area contributed by atoms with Crippen LogP contribution >= 0.6 is 11.3 Å². The number of hydrogen-bond donors (Lipinski definition) is 1. The third-order valence-corrected chi connectivity index (χ3v) is 4.73. The topological polar surface area (TPSA) is 64.1 Å². The summed E-state index contributed by atoms with van der Waals surface area (Å²) in [4.78, 5) is 12.3. The Morgan fingerprint density at radius 1 is 1.27 bits per heavy atom. The van der Waals surface area contributed by atoms with E-state index in [1.165, 1.54) is 6.42 Å². The number of nitrogens with zero attached hydrogens (tertiary/aromatic N) is 2. The van der Waals surface area contributed by atoms with E-state index in [0.29, 0.717) is 13.0 Å². The number of nitrogens with one attached hydrogen (secondary N) is 1. The van der Waals surface area contributed by atoms with Gasteiger partial charge in [-0.2, -0.15) is 0 Å². The van der Waals surface area contributed by atoms with E-state index in [4.69, 9.17) is 4.74 Å². The molecule has 22 heavy (non-hydrogen) atoms. The molecule has 0 aromatic carbocycles. The van der Waals surface area contributed by atoms with Gasteiger partial charge in [0.05, 0.1) is 13.0 Å². The fraction of sp³-hybridized carbons (Fsp3) is 0.812. The number of carbonyl (C=O) groups excluding carboxylic acids is 1. The SMILES string of the molecule is Cc1nnc(CNC2(CC(=O)OC(C)(C)C)CCCCC2)s1. The van der Waals surface area contributed by atoms with Crippen molar-refractivity contribution < 1.29 is 9.53 Å². The van der Waals surface area contributed by atoms with E-state index in [2.05, 4.69) is 15.5 Å². The van der Waals surface area contributed by atoms with Crippen molar-refractivity contribution in [2.75, 3.05) is 0 Å². The van der Waals surface area contributed by atoms with Crippen molar-refractivity contribution in [1.29, 1.82) is 0 Å². The van der Waals surface area contributed by atoms with Crippen molar-refractivity contribution in [2.45, 2.75) is 83.9 Å². The Morgan fingerprint density at radius 3 is 2.50 bits per heavy atom. The second-order valence-corrected chi connectivity index (χ2v) is 8.44. The summed E-state index contributed by atoms with van der Waals surface area (Å²) >= 11 is 1.60. The van der Waals surface area contributed by atoms with Crippen molar-refractivity contribution >= 4 is 17.3 Å². The van der Waals surface area contributed by atoms with Crippen LogP contribution in [-0.4, -0.2) is 27.3 Å². The molecule has 0 atom stereocenters. The summed E-state index contributed by atoms with van der Waals surface area (Å²) < 4.78 is 5.52. The monoisotopic (exact) mass is 325 g/mol. The minimum Gasteiger partial charge on any atom is -0.460 e. The molecule has 2 rings (SSSR count). The standard InChI is InChI=1S/C16H27N3O2S/c1-12-18-19-13(22-12)11-17-16(8-6-5-7-9-16)10-14(20)21-15(2,3)4/h17H,5-11H2,1-4H3. The smallest absolute Gasteiger partial charge is 0.308 e. The van der Waals surface area contributed by atoms with Crippen LogP contribution in [0.3, 0.4) is 0 Å². The summed E-state index contributed by atoms with van der Waals surface area (Å²) in [5.74, 6) is -0.115. The second kappa shape index (κ2) is 7.04. The molecule has 1 fully saturated rings. The second-order valence-electron chi connectivity index (χ2n) is 7.17. The molecule has 0 radical (unpaired) electrons. The molecule has 1 aromatic heterocycles. The summed E-state index contributed by atoms with van der Waals surface area (Å²) in [5, 5.41) is 13.7. The predicted molar refractivity (Wildman–Crippen MR) is 87.8 cm³/mol. The lowest BCUT2D eigenvalue weighted by Gasteiger charge is -2.38. The number of hydrogen-bond acceptors (Lipinski definition) is 6. The summed E-state index contributed by atoms with van der Waals surface area (Å²) in [5.41, 5.74) is -0.580. The van der Waals surface area contributed by atoms with E-state index in [0.717, 1.165) is 35.7 Å². The third kappa shape index (κ3) is 5.32. The Hall–Kier alpha value is -1.01. The number of esters is 1. The van der Waals surface area contributed by atoms with Crippen LogP contribution in [0.15, 0.2) is 0 Å². The molecule has 0 bridgehead atoms. The van der Waals surface area contributed by atoms with Gasteiger partial charge in [-0.3, -0.25) is 4.79 Å². The average Bonchev–Trinajstić information content (AvgIpc) is 2.81. The molecule has 1 aliphatic rings. The van der Waals surface area contributed by atoms with Gasteiger partial charge in [-0.15, -0.1) is 21.5 Å². The van der Waals surface area contributed by atoms with Gasteiger partial charge in [0.15, 0.2) is 0 Å². The zero-order valence-corrected chi connectivity index (χ0v) is 14.9. The van der Waals surface area contributed by atoms with Gasteiger partial charge in [-0.25, -0.2) is 0 Å². The quantitative estimate of drug-likeness (QED) is 0.841.